The van der Waals surface area contributed by atoms with E-state index in [1.807, 2.05) is 54.6 Å². The quantitative estimate of drug-likeness (QED) is 0.641. The first-order valence-electron chi connectivity index (χ1n) is 8.36. The molecule has 0 unspecified atom stereocenters. The zero-order valence-electron chi connectivity index (χ0n) is 14.1. The summed E-state index contributed by atoms with van der Waals surface area (Å²) in [6.07, 6.45) is 1.52. The minimum Gasteiger partial charge on any atom is -0.481 e. The fourth-order valence-electron chi connectivity index (χ4n) is 2.33. The average Bonchev–Trinajstić information content (AvgIpc) is 2.61. The number of aliphatic carboxylic acids is 1. The summed E-state index contributed by atoms with van der Waals surface area (Å²) in [4.78, 5) is 22.2. The minimum atomic E-state index is -0.828. The molecule has 0 atom stereocenters. The van der Waals surface area contributed by atoms with Crippen molar-refractivity contribution in [3.63, 3.8) is 0 Å². The molecule has 132 valence electrons. The maximum atomic E-state index is 11.8. The van der Waals surface area contributed by atoms with Crippen molar-refractivity contribution in [2.45, 2.75) is 38.9 Å². The van der Waals surface area contributed by atoms with Crippen molar-refractivity contribution in [3.8, 4) is 0 Å². The molecule has 0 aliphatic carbocycles. The second kappa shape index (κ2) is 10.3. The number of carboxylic acids is 1. The molecule has 0 fully saturated rings. The maximum Gasteiger partial charge on any atom is 0.303 e. The van der Waals surface area contributed by atoms with E-state index in [0.29, 0.717) is 32.5 Å². The number of carboxylic acid groups (broad SMARTS) is 1. The number of hydrogen-bond acceptors (Lipinski definition) is 3. The Labute approximate surface area is 147 Å². The van der Waals surface area contributed by atoms with Gasteiger partial charge < -0.3 is 15.2 Å². The predicted molar refractivity (Wildman–Crippen MR) is 96.1 cm³/mol. The molecule has 0 aliphatic heterocycles. The largest absolute Gasteiger partial charge is 0.481 e. The Bertz CT molecular complexity index is 668. The van der Waals surface area contributed by atoms with Crippen LogP contribution in [0.1, 0.15) is 36.8 Å². The van der Waals surface area contributed by atoms with Gasteiger partial charge in [-0.25, -0.2) is 0 Å². The van der Waals surface area contributed by atoms with Crippen molar-refractivity contribution in [2.24, 2.45) is 0 Å². The molecule has 0 saturated heterocycles. The van der Waals surface area contributed by atoms with Crippen LogP contribution >= 0.6 is 0 Å². The third kappa shape index (κ3) is 7.63. The second-order valence-electron chi connectivity index (χ2n) is 5.82. The first-order chi connectivity index (χ1) is 12.1. The van der Waals surface area contributed by atoms with Crippen LogP contribution in [-0.4, -0.2) is 17.0 Å². The highest BCUT2D eigenvalue weighted by Gasteiger charge is 2.04. The molecule has 2 rings (SSSR count). The smallest absolute Gasteiger partial charge is 0.303 e. The van der Waals surface area contributed by atoms with Crippen molar-refractivity contribution >= 4 is 17.6 Å². The Balaban J connectivity index is 1.68. The molecule has 1 amide bonds. The molecule has 0 saturated carbocycles. The molecular weight excluding hydrogens is 318 g/mol. The number of rotatable bonds is 10. The van der Waals surface area contributed by atoms with Crippen LogP contribution in [0.15, 0.2) is 54.6 Å². The second-order valence-corrected chi connectivity index (χ2v) is 5.82. The number of amides is 1. The highest BCUT2D eigenvalue weighted by molar-refractivity contribution is 5.90. The van der Waals surface area contributed by atoms with E-state index in [1.54, 1.807) is 0 Å². The normalized spacial score (nSPS) is 10.4. The lowest BCUT2D eigenvalue weighted by Gasteiger charge is -2.07. The van der Waals surface area contributed by atoms with E-state index in [0.717, 1.165) is 16.8 Å². The first-order valence-corrected chi connectivity index (χ1v) is 8.36. The summed E-state index contributed by atoms with van der Waals surface area (Å²) in [5, 5.41) is 11.4. The van der Waals surface area contributed by atoms with Gasteiger partial charge in [-0.2, -0.15) is 0 Å². The summed E-state index contributed by atoms with van der Waals surface area (Å²) < 4.78 is 5.68. The van der Waals surface area contributed by atoms with Crippen molar-refractivity contribution < 1.29 is 19.4 Å². The molecule has 5 nitrogen and oxygen atoms in total. The zero-order valence-corrected chi connectivity index (χ0v) is 14.1. The van der Waals surface area contributed by atoms with Gasteiger partial charge in [-0.1, -0.05) is 42.5 Å². The standard InChI is InChI=1S/C20H23NO4/c22-19(8-4-5-9-20(23)24)21-18-12-10-17(11-13-18)15-25-14-16-6-2-1-3-7-16/h1-3,6-7,10-13H,4-5,8-9,14-15H2,(H,21,22)(H,23,24). The number of benzene rings is 2. The van der Waals surface area contributed by atoms with Gasteiger partial charge in [0.2, 0.25) is 5.91 Å². The number of hydrogen-bond donors (Lipinski definition) is 2. The summed E-state index contributed by atoms with van der Waals surface area (Å²) in [6.45, 7) is 1.08. The third-order valence-corrected chi connectivity index (χ3v) is 3.66. The van der Waals surface area contributed by atoms with Crippen LogP contribution in [0.25, 0.3) is 0 Å². The van der Waals surface area contributed by atoms with Crippen LogP contribution < -0.4 is 5.32 Å². The molecule has 5 heteroatoms. The Morgan fingerprint density at radius 1 is 0.840 bits per heavy atom. The maximum absolute atomic E-state index is 11.8. The van der Waals surface area contributed by atoms with E-state index >= 15 is 0 Å². The fraction of sp³-hybridized carbons (Fsp3) is 0.300. The third-order valence-electron chi connectivity index (χ3n) is 3.66. The summed E-state index contributed by atoms with van der Waals surface area (Å²) in [6, 6.07) is 17.5. The van der Waals surface area contributed by atoms with E-state index in [9.17, 15) is 9.59 Å². The Hall–Kier alpha value is -2.66. The van der Waals surface area contributed by atoms with Crippen LogP contribution in [0.4, 0.5) is 5.69 Å². The molecule has 0 heterocycles. The van der Waals surface area contributed by atoms with Crippen LogP contribution in [0, 0.1) is 0 Å². The minimum absolute atomic E-state index is 0.0986. The van der Waals surface area contributed by atoms with E-state index in [4.69, 9.17) is 9.84 Å². The highest BCUT2D eigenvalue weighted by Crippen LogP contribution is 2.12. The molecule has 25 heavy (non-hydrogen) atoms. The number of carbonyl (C=O) groups excluding carboxylic acids is 1. The molecule has 0 aliphatic rings. The van der Waals surface area contributed by atoms with Gasteiger partial charge in [-0.3, -0.25) is 9.59 Å². The van der Waals surface area contributed by atoms with E-state index in [2.05, 4.69) is 5.32 Å². The van der Waals surface area contributed by atoms with Crippen LogP contribution in [0.5, 0.6) is 0 Å². The zero-order chi connectivity index (χ0) is 17.9. The average molecular weight is 341 g/mol. The fourth-order valence-corrected chi connectivity index (χ4v) is 2.33. The molecule has 2 aromatic rings. The Kier molecular flexibility index (Phi) is 7.66. The predicted octanol–water partition coefficient (Wildman–Crippen LogP) is 3.99. The van der Waals surface area contributed by atoms with Crippen LogP contribution in [0.3, 0.4) is 0 Å². The van der Waals surface area contributed by atoms with Crippen molar-refractivity contribution in [2.75, 3.05) is 5.32 Å². The number of ether oxygens (including phenoxy) is 1. The van der Waals surface area contributed by atoms with Gasteiger partial charge in [0.1, 0.15) is 0 Å². The Morgan fingerprint density at radius 2 is 1.44 bits per heavy atom. The molecule has 0 spiro atoms. The van der Waals surface area contributed by atoms with Gasteiger partial charge in [0.15, 0.2) is 0 Å². The lowest BCUT2D eigenvalue weighted by atomic mass is 10.1. The van der Waals surface area contributed by atoms with E-state index in [-0.39, 0.29) is 12.3 Å². The van der Waals surface area contributed by atoms with Gasteiger partial charge in [0.05, 0.1) is 13.2 Å². The molecule has 2 N–H and O–H groups in total. The van der Waals surface area contributed by atoms with Gasteiger partial charge in [-0.15, -0.1) is 0 Å². The van der Waals surface area contributed by atoms with E-state index < -0.39 is 5.97 Å². The molecule has 0 aromatic heterocycles. The topological polar surface area (TPSA) is 75.6 Å². The Morgan fingerprint density at radius 3 is 2.08 bits per heavy atom. The van der Waals surface area contributed by atoms with Crippen LogP contribution in [-0.2, 0) is 27.5 Å². The molecular formula is C20H23NO4. The van der Waals surface area contributed by atoms with Crippen molar-refractivity contribution in [3.05, 3.63) is 65.7 Å². The van der Waals surface area contributed by atoms with Gasteiger partial charge in [0, 0.05) is 18.5 Å². The lowest BCUT2D eigenvalue weighted by Crippen LogP contribution is -2.11. The summed E-state index contributed by atoms with van der Waals surface area (Å²) in [5.41, 5.74) is 2.90. The molecule has 0 bridgehead atoms. The number of anilines is 1. The summed E-state index contributed by atoms with van der Waals surface area (Å²) >= 11 is 0. The van der Waals surface area contributed by atoms with Gasteiger partial charge in [-0.05, 0) is 36.1 Å². The number of carbonyl (C=O) groups is 2. The lowest BCUT2D eigenvalue weighted by molar-refractivity contribution is -0.137. The van der Waals surface area contributed by atoms with Gasteiger partial charge in [0.25, 0.3) is 0 Å². The summed E-state index contributed by atoms with van der Waals surface area (Å²) in [7, 11) is 0. The molecule has 0 radical (unpaired) electrons. The number of nitrogens with one attached hydrogen (secondary N) is 1. The van der Waals surface area contributed by atoms with Crippen molar-refractivity contribution in [1.29, 1.82) is 0 Å². The monoisotopic (exact) mass is 341 g/mol. The van der Waals surface area contributed by atoms with E-state index in [1.165, 1.54) is 0 Å². The highest BCUT2D eigenvalue weighted by atomic mass is 16.5. The van der Waals surface area contributed by atoms with Crippen molar-refractivity contribution in [1.82, 2.24) is 0 Å². The van der Waals surface area contributed by atoms with Crippen LogP contribution in [0.2, 0.25) is 0 Å². The SMILES string of the molecule is O=C(O)CCCCC(=O)Nc1ccc(COCc2ccccc2)cc1. The van der Waals surface area contributed by atoms with Gasteiger partial charge >= 0.3 is 5.97 Å². The first kappa shape index (κ1) is 18.7. The summed E-state index contributed by atoms with van der Waals surface area (Å²) in [5.74, 6) is -0.927. The molecule has 2 aromatic carbocycles. The number of unbranched alkanes of at least 4 members (excludes halogenated alkanes) is 1.